The summed E-state index contributed by atoms with van der Waals surface area (Å²) in [5, 5.41) is 9.68. The van der Waals surface area contributed by atoms with E-state index in [1.807, 2.05) is 30.3 Å². The summed E-state index contributed by atoms with van der Waals surface area (Å²) in [4.78, 5) is 14.4. The number of aromatic hydroxyl groups is 1. The topological polar surface area (TPSA) is 66.6 Å². The number of nitrogens with two attached hydrogens (primary N) is 1. The second-order valence-electron chi connectivity index (χ2n) is 4.92. The fraction of sp³-hybridized carbons (Fsp3) is 0.235. The first-order chi connectivity index (χ1) is 10.1. The summed E-state index contributed by atoms with van der Waals surface area (Å²) >= 11 is 0. The number of benzene rings is 2. The van der Waals surface area contributed by atoms with Crippen molar-refractivity contribution in [1.82, 2.24) is 0 Å². The molecule has 2 aromatic carbocycles. The van der Waals surface area contributed by atoms with Crippen LogP contribution < -0.4 is 10.6 Å². The Morgan fingerprint density at radius 1 is 1.19 bits per heavy atom. The molecule has 0 heterocycles. The van der Waals surface area contributed by atoms with E-state index in [1.54, 1.807) is 17.0 Å². The highest BCUT2D eigenvalue weighted by Crippen LogP contribution is 2.23. The third-order valence-electron chi connectivity index (χ3n) is 3.33. The molecule has 0 fully saturated rings. The number of hydrogen-bond acceptors (Lipinski definition) is 3. The normalized spacial score (nSPS) is 10.3. The molecule has 0 saturated heterocycles. The lowest BCUT2D eigenvalue weighted by Gasteiger charge is -2.23. The van der Waals surface area contributed by atoms with Gasteiger partial charge in [-0.25, -0.2) is 0 Å². The Balaban J connectivity index is 2.31. The van der Waals surface area contributed by atoms with Crippen molar-refractivity contribution in [2.45, 2.75) is 19.8 Å². The molecule has 0 aliphatic heterocycles. The molecule has 0 aliphatic carbocycles. The summed E-state index contributed by atoms with van der Waals surface area (Å²) in [6.45, 7) is 2.73. The maximum absolute atomic E-state index is 12.7. The van der Waals surface area contributed by atoms with Gasteiger partial charge in [-0.15, -0.1) is 0 Å². The van der Waals surface area contributed by atoms with Crippen LogP contribution in [0.5, 0.6) is 5.75 Å². The maximum Gasteiger partial charge on any atom is 0.258 e. The lowest BCUT2D eigenvalue weighted by molar-refractivity contribution is 0.0986. The zero-order valence-corrected chi connectivity index (χ0v) is 12.1. The molecule has 0 atom stereocenters. The fourth-order valence-electron chi connectivity index (χ4n) is 2.10. The average molecular weight is 284 g/mol. The van der Waals surface area contributed by atoms with Gasteiger partial charge >= 0.3 is 0 Å². The number of phenolic OH excluding ortho intramolecular Hbond substituents is 1. The molecular formula is C17H20N2O2. The van der Waals surface area contributed by atoms with Crippen LogP contribution in [0.1, 0.15) is 30.1 Å². The third kappa shape index (κ3) is 3.54. The van der Waals surface area contributed by atoms with Gasteiger partial charge in [-0.3, -0.25) is 4.79 Å². The first-order valence-electron chi connectivity index (χ1n) is 7.09. The monoisotopic (exact) mass is 284 g/mol. The highest BCUT2D eigenvalue weighted by molar-refractivity contribution is 6.06. The van der Waals surface area contributed by atoms with E-state index < -0.39 is 0 Å². The number of nitrogen functional groups attached to an aromatic ring is 1. The fourth-order valence-corrected chi connectivity index (χ4v) is 2.10. The summed E-state index contributed by atoms with van der Waals surface area (Å²) in [5.74, 6) is -0.200. The van der Waals surface area contributed by atoms with Gasteiger partial charge in [0.2, 0.25) is 0 Å². The zero-order valence-electron chi connectivity index (χ0n) is 12.1. The Morgan fingerprint density at radius 3 is 2.52 bits per heavy atom. The van der Waals surface area contributed by atoms with Gasteiger partial charge in [-0.1, -0.05) is 31.5 Å². The molecule has 0 radical (unpaired) electrons. The first kappa shape index (κ1) is 14.9. The van der Waals surface area contributed by atoms with Gasteiger partial charge in [0.25, 0.3) is 5.91 Å². The number of para-hydroxylation sites is 1. The lowest BCUT2D eigenvalue weighted by Crippen LogP contribution is -2.31. The van der Waals surface area contributed by atoms with Crippen molar-refractivity contribution < 1.29 is 9.90 Å². The number of unbranched alkanes of at least 4 members (excludes halogenated alkanes) is 1. The van der Waals surface area contributed by atoms with Crippen LogP contribution >= 0.6 is 0 Å². The molecule has 1 amide bonds. The maximum atomic E-state index is 12.7. The van der Waals surface area contributed by atoms with Crippen LogP contribution in [-0.4, -0.2) is 17.6 Å². The molecule has 0 bridgehead atoms. The minimum atomic E-state index is -0.134. The number of amides is 1. The summed E-state index contributed by atoms with van der Waals surface area (Å²) < 4.78 is 0. The molecule has 0 aromatic heterocycles. The minimum absolute atomic E-state index is 0.0654. The number of carbonyl (C=O) groups is 1. The van der Waals surface area contributed by atoms with Crippen molar-refractivity contribution in [2.75, 3.05) is 17.2 Å². The van der Waals surface area contributed by atoms with Gasteiger partial charge < -0.3 is 15.7 Å². The van der Waals surface area contributed by atoms with E-state index in [0.29, 0.717) is 12.1 Å². The number of nitrogens with zero attached hydrogens (tertiary/aromatic N) is 1. The molecule has 0 aliphatic rings. The highest BCUT2D eigenvalue weighted by Gasteiger charge is 2.18. The van der Waals surface area contributed by atoms with Crippen molar-refractivity contribution in [1.29, 1.82) is 0 Å². The number of hydrogen-bond donors (Lipinski definition) is 2. The van der Waals surface area contributed by atoms with E-state index in [0.717, 1.165) is 18.5 Å². The van der Waals surface area contributed by atoms with Crippen LogP contribution in [0.3, 0.4) is 0 Å². The Hall–Kier alpha value is -2.49. The van der Waals surface area contributed by atoms with Gasteiger partial charge in [-0.2, -0.15) is 0 Å². The number of carbonyl (C=O) groups excluding carboxylic acids is 1. The van der Waals surface area contributed by atoms with Crippen LogP contribution in [-0.2, 0) is 0 Å². The zero-order chi connectivity index (χ0) is 15.2. The minimum Gasteiger partial charge on any atom is -0.506 e. The number of anilines is 2. The second-order valence-corrected chi connectivity index (χ2v) is 4.92. The Kier molecular flexibility index (Phi) is 4.82. The summed E-state index contributed by atoms with van der Waals surface area (Å²) in [6.07, 6.45) is 1.92. The van der Waals surface area contributed by atoms with E-state index in [1.165, 1.54) is 6.07 Å². The van der Waals surface area contributed by atoms with Crippen molar-refractivity contribution in [3.05, 3.63) is 54.1 Å². The molecule has 0 saturated carbocycles. The molecule has 21 heavy (non-hydrogen) atoms. The molecule has 2 aromatic rings. The van der Waals surface area contributed by atoms with Crippen molar-refractivity contribution in [3.63, 3.8) is 0 Å². The van der Waals surface area contributed by atoms with E-state index >= 15 is 0 Å². The SMILES string of the molecule is CCCCN(C(=O)c1ccc(N)c(O)c1)c1ccccc1. The van der Waals surface area contributed by atoms with E-state index in [-0.39, 0.29) is 17.3 Å². The van der Waals surface area contributed by atoms with Crippen LogP contribution in [0.2, 0.25) is 0 Å². The van der Waals surface area contributed by atoms with Crippen LogP contribution in [0.4, 0.5) is 11.4 Å². The van der Waals surface area contributed by atoms with Crippen LogP contribution in [0.25, 0.3) is 0 Å². The average Bonchev–Trinajstić information content (AvgIpc) is 2.51. The van der Waals surface area contributed by atoms with Crippen LogP contribution in [0, 0.1) is 0 Å². The van der Waals surface area contributed by atoms with Crippen LogP contribution in [0.15, 0.2) is 48.5 Å². The lowest BCUT2D eigenvalue weighted by atomic mass is 10.1. The smallest absolute Gasteiger partial charge is 0.258 e. The Morgan fingerprint density at radius 2 is 1.90 bits per heavy atom. The number of rotatable bonds is 5. The molecule has 4 nitrogen and oxygen atoms in total. The molecular weight excluding hydrogens is 264 g/mol. The summed E-state index contributed by atoms with van der Waals surface area (Å²) in [5.41, 5.74) is 7.14. The van der Waals surface area contributed by atoms with Crippen molar-refractivity contribution >= 4 is 17.3 Å². The molecule has 3 N–H and O–H groups in total. The largest absolute Gasteiger partial charge is 0.506 e. The van der Waals surface area contributed by atoms with Gasteiger partial charge in [0, 0.05) is 17.8 Å². The molecule has 0 unspecified atom stereocenters. The summed E-state index contributed by atoms with van der Waals surface area (Å²) in [7, 11) is 0. The third-order valence-corrected chi connectivity index (χ3v) is 3.33. The van der Waals surface area contributed by atoms with E-state index in [2.05, 4.69) is 6.92 Å². The molecule has 2 rings (SSSR count). The summed E-state index contributed by atoms with van der Waals surface area (Å²) in [6, 6.07) is 14.1. The predicted octanol–water partition coefficient (Wildman–Crippen LogP) is 3.42. The van der Waals surface area contributed by atoms with Crippen molar-refractivity contribution in [2.24, 2.45) is 0 Å². The number of phenols is 1. The Labute approximate surface area is 124 Å². The van der Waals surface area contributed by atoms with Gasteiger partial charge in [0.1, 0.15) is 5.75 Å². The van der Waals surface area contributed by atoms with Gasteiger partial charge in [0.05, 0.1) is 5.69 Å². The van der Waals surface area contributed by atoms with E-state index in [9.17, 15) is 9.90 Å². The van der Waals surface area contributed by atoms with Gasteiger partial charge in [0.15, 0.2) is 0 Å². The van der Waals surface area contributed by atoms with E-state index in [4.69, 9.17) is 5.73 Å². The highest BCUT2D eigenvalue weighted by atomic mass is 16.3. The standard InChI is InChI=1S/C17H20N2O2/c1-2-3-11-19(14-7-5-4-6-8-14)17(21)13-9-10-15(18)16(20)12-13/h4-10,12,20H,2-3,11,18H2,1H3. The van der Waals surface area contributed by atoms with Crippen molar-refractivity contribution in [3.8, 4) is 5.75 Å². The van der Waals surface area contributed by atoms with Gasteiger partial charge in [-0.05, 0) is 36.8 Å². The molecule has 0 spiro atoms. The quantitative estimate of drug-likeness (QED) is 0.653. The first-order valence-corrected chi connectivity index (χ1v) is 7.09. The predicted molar refractivity (Wildman–Crippen MR) is 85.5 cm³/mol. The molecule has 110 valence electrons. The second kappa shape index (κ2) is 6.79. The molecule has 4 heteroatoms. The Bertz CT molecular complexity index is 611.